The molecule has 7 rings (SSSR count). The summed E-state index contributed by atoms with van der Waals surface area (Å²) in [6.07, 6.45) is 8.99. The average Bonchev–Trinajstić information content (AvgIpc) is 3.62. The van der Waals surface area contributed by atoms with Crippen LogP contribution in [-0.2, 0) is 11.2 Å². The van der Waals surface area contributed by atoms with Crippen LogP contribution in [0.5, 0.6) is 0 Å². The van der Waals surface area contributed by atoms with E-state index in [4.69, 9.17) is 4.98 Å². The highest BCUT2D eigenvalue weighted by Gasteiger charge is 2.16. The number of rotatable bonds is 6. The summed E-state index contributed by atoms with van der Waals surface area (Å²) in [5.41, 5.74) is 8.95. The number of fused-ring (bicyclic) bond motifs is 2. The number of nitrogens with one attached hydrogen (secondary N) is 3. The number of aromatic nitrogens is 7. The second-order valence-corrected chi connectivity index (χ2v) is 9.38. The van der Waals surface area contributed by atoms with Crippen molar-refractivity contribution in [3.63, 3.8) is 0 Å². The zero-order chi connectivity index (χ0) is 26.9. The van der Waals surface area contributed by atoms with Crippen molar-refractivity contribution in [2.24, 2.45) is 0 Å². The molecule has 1 amide bonds. The van der Waals surface area contributed by atoms with Gasteiger partial charge in [0.25, 0.3) is 0 Å². The van der Waals surface area contributed by atoms with Crippen LogP contribution >= 0.6 is 0 Å². The molecule has 0 atom stereocenters. The van der Waals surface area contributed by atoms with Crippen molar-refractivity contribution in [3.05, 3.63) is 109 Å². The van der Waals surface area contributed by atoms with E-state index in [1.165, 1.54) is 0 Å². The predicted octanol–water partition coefficient (Wildman–Crippen LogP) is 5.81. The van der Waals surface area contributed by atoms with Gasteiger partial charge in [-0.25, -0.2) is 9.97 Å². The Balaban J connectivity index is 1.21. The van der Waals surface area contributed by atoms with Crippen molar-refractivity contribution in [2.75, 3.05) is 5.32 Å². The molecular weight excluding hydrogens is 500 g/mol. The Kier molecular flexibility index (Phi) is 5.78. The zero-order valence-corrected chi connectivity index (χ0v) is 21.2. The van der Waals surface area contributed by atoms with Crippen LogP contribution in [0.25, 0.3) is 55.8 Å². The summed E-state index contributed by atoms with van der Waals surface area (Å²) < 4.78 is 0. The first kappa shape index (κ1) is 23.4. The number of hydrogen-bond donors (Lipinski definition) is 3. The maximum atomic E-state index is 12.6. The quantitative estimate of drug-likeness (QED) is 0.253. The van der Waals surface area contributed by atoms with Crippen LogP contribution in [0.4, 0.5) is 5.69 Å². The molecule has 40 heavy (non-hydrogen) atoms. The lowest BCUT2D eigenvalue weighted by molar-refractivity contribution is -0.115. The number of amides is 1. The van der Waals surface area contributed by atoms with Gasteiger partial charge in [-0.05, 0) is 59.2 Å². The number of aromatic amines is 2. The van der Waals surface area contributed by atoms with Crippen LogP contribution in [0.3, 0.4) is 0 Å². The minimum Gasteiger partial charge on any atom is -0.338 e. The zero-order valence-electron chi connectivity index (χ0n) is 21.2. The highest BCUT2D eigenvalue weighted by atomic mass is 16.1. The van der Waals surface area contributed by atoms with Crippen molar-refractivity contribution in [2.45, 2.75) is 6.42 Å². The van der Waals surface area contributed by atoms with Gasteiger partial charge in [0.15, 0.2) is 0 Å². The summed E-state index contributed by atoms with van der Waals surface area (Å²) >= 11 is 0. The number of carbonyl (C=O) groups is 1. The maximum absolute atomic E-state index is 12.6. The Morgan fingerprint density at radius 1 is 0.850 bits per heavy atom. The van der Waals surface area contributed by atoms with E-state index in [9.17, 15) is 4.79 Å². The Labute approximate surface area is 228 Å². The third-order valence-electron chi connectivity index (χ3n) is 6.71. The third-order valence-corrected chi connectivity index (χ3v) is 6.71. The van der Waals surface area contributed by atoms with Crippen molar-refractivity contribution in [3.8, 4) is 33.8 Å². The highest BCUT2D eigenvalue weighted by Crippen LogP contribution is 2.33. The van der Waals surface area contributed by atoms with Gasteiger partial charge in [0.2, 0.25) is 5.91 Å². The molecule has 7 aromatic rings. The molecule has 0 saturated carbocycles. The number of anilines is 1. The third kappa shape index (κ3) is 4.45. The molecule has 192 valence electrons. The van der Waals surface area contributed by atoms with Gasteiger partial charge in [0.1, 0.15) is 16.9 Å². The van der Waals surface area contributed by atoms with Crippen LogP contribution < -0.4 is 5.32 Å². The molecule has 9 nitrogen and oxygen atoms in total. The number of H-pyrrole nitrogens is 2. The minimum absolute atomic E-state index is 0.107. The molecule has 0 saturated heterocycles. The summed E-state index contributed by atoms with van der Waals surface area (Å²) in [7, 11) is 0. The summed E-state index contributed by atoms with van der Waals surface area (Å²) in [4.78, 5) is 33.9. The average molecular weight is 523 g/mol. The van der Waals surface area contributed by atoms with Crippen molar-refractivity contribution >= 4 is 33.7 Å². The molecule has 1 aromatic carbocycles. The SMILES string of the molecule is O=C(Cc1ccccc1)Nc1cncc(-c2ccc3[nH]nc(-c4cc5c(-c6ccncc6)ccnc5[nH]4)c3n2)c1. The number of hydrogen-bond acceptors (Lipinski definition) is 6. The lowest BCUT2D eigenvalue weighted by atomic mass is 10.1. The summed E-state index contributed by atoms with van der Waals surface area (Å²) in [5, 5.41) is 11.6. The van der Waals surface area contributed by atoms with Gasteiger partial charge in [-0.3, -0.25) is 19.9 Å². The molecule has 0 spiro atoms. The van der Waals surface area contributed by atoms with E-state index in [0.717, 1.165) is 44.5 Å². The molecule has 0 aliphatic rings. The Hall–Kier alpha value is -5.70. The van der Waals surface area contributed by atoms with Gasteiger partial charge in [-0.2, -0.15) is 5.10 Å². The van der Waals surface area contributed by atoms with Gasteiger partial charge in [0.05, 0.1) is 35.2 Å². The maximum Gasteiger partial charge on any atom is 0.228 e. The first-order valence-electron chi connectivity index (χ1n) is 12.7. The van der Waals surface area contributed by atoms with Crippen molar-refractivity contribution in [1.82, 2.24) is 35.1 Å². The number of nitrogens with zero attached hydrogens (tertiary/aromatic N) is 5. The van der Waals surface area contributed by atoms with Gasteiger partial charge in [0, 0.05) is 35.7 Å². The lowest BCUT2D eigenvalue weighted by Crippen LogP contribution is -2.14. The van der Waals surface area contributed by atoms with E-state index >= 15 is 0 Å². The van der Waals surface area contributed by atoms with Crippen LogP contribution in [-0.4, -0.2) is 41.0 Å². The Morgan fingerprint density at radius 3 is 2.60 bits per heavy atom. The fourth-order valence-electron chi connectivity index (χ4n) is 4.82. The molecule has 0 fully saturated rings. The molecule has 0 aliphatic carbocycles. The fraction of sp³-hybridized carbons (Fsp3) is 0.0323. The normalized spacial score (nSPS) is 11.2. The summed E-state index contributed by atoms with van der Waals surface area (Å²) in [5.74, 6) is -0.107. The Morgan fingerprint density at radius 2 is 1.73 bits per heavy atom. The summed E-state index contributed by atoms with van der Waals surface area (Å²) in [6, 6.07) is 23.3. The summed E-state index contributed by atoms with van der Waals surface area (Å²) in [6.45, 7) is 0. The molecule has 6 heterocycles. The molecule has 9 heteroatoms. The van der Waals surface area contributed by atoms with Crippen molar-refractivity contribution < 1.29 is 4.79 Å². The Bertz CT molecular complexity index is 1980. The van der Waals surface area contributed by atoms with E-state index in [1.54, 1.807) is 31.0 Å². The van der Waals surface area contributed by atoms with Crippen LogP contribution in [0.2, 0.25) is 0 Å². The highest BCUT2D eigenvalue weighted by molar-refractivity contribution is 5.99. The van der Waals surface area contributed by atoms with E-state index in [0.29, 0.717) is 22.6 Å². The lowest BCUT2D eigenvalue weighted by Gasteiger charge is -2.07. The first-order chi connectivity index (χ1) is 19.7. The molecule has 0 aliphatic heterocycles. The van der Waals surface area contributed by atoms with Crippen LogP contribution in [0.1, 0.15) is 5.56 Å². The van der Waals surface area contributed by atoms with Gasteiger partial charge >= 0.3 is 0 Å². The predicted molar refractivity (Wildman–Crippen MR) is 154 cm³/mol. The second kappa shape index (κ2) is 9.88. The van der Waals surface area contributed by atoms with Crippen molar-refractivity contribution in [1.29, 1.82) is 0 Å². The second-order valence-electron chi connectivity index (χ2n) is 9.38. The topological polar surface area (TPSA) is 125 Å². The van der Waals surface area contributed by atoms with Crippen LogP contribution in [0, 0.1) is 0 Å². The van der Waals surface area contributed by atoms with Gasteiger partial charge in [-0.15, -0.1) is 0 Å². The molecule has 0 unspecified atom stereocenters. The van der Waals surface area contributed by atoms with E-state index in [2.05, 4.69) is 35.5 Å². The fourth-order valence-corrected chi connectivity index (χ4v) is 4.82. The molecule has 3 N–H and O–H groups in total. The standard InChI is InChI=1S/C31H22N8O/c40-28(14-19-4-2-1-3-5-19)35-22-15-21(17-33-18-22)25-6-7-26-29(36-25)30(39-38-26)27-16-24-23(10-13-34-31(24)37-27)20-8-11-32-12-9-20/h1-13,15-18H,14H2,(H,34,37)(H,35,40)(H,38,39). The van der Waals surface area contributed by atoms with Crippen LogP contribution in [0.15, 0.2) is 104 Å². The smallest absolute Gasteiger partial charge is 0.228 e. The van der Waals surface area contributed by atoms with Gasteiger partial charge in [-0.1, -0.05) is 30.3 Å². The monoisotopic (exact) mass is 522 g/mol. The minimum atomic E-state index is -0.107. The molecule has 0 radical (unpaired) electrons. The largest absolute Gasteiger partial charge is 0.338 e. The number of carbonyl (C=O) groups excluding carboxylic acids is 1. The molecule has 6 aromatic heterocycles. The van der Waals surface area contributed by atoms with E-state index in [1.807, 2.05) is 72.8 Å². The van der Waals surface area contributed by atoms with Gasteiger partial charge < -0.3 is 10.3 Å². The number of pyridine rings is 4. The number of benzene rings is 1. The molecular formula is C31H22N8O. The first-order valence-corrected chi connectivity index (χ1v) is 12.7. The molecule has 0 bridgehead atoms. The van der Waals surface area contributed by atoms with E-state index < -0.39 is 0 Å². The van der Waals surface area contributed by atoms with E-state index in [-0.39, 0.29) is 12.3 Å².